The minimum atomic E-state index is -1.23. The summed E-state index contributed by atoms with van der Waals surface area (Å²) >= 11 is 0. The van der Waals surface area contributed by atoms with Crippen LogP contribution in [0.4, 0.5) is 10.5 Å². The number of nitrogens with one attached hydrogen (secondary N) is 1. The van der Waals surface area contributed by atoms with Crippen molar-refractivity contribution >= 4 is 17.5 Å². The van der Waals surface area contributed by atoms with Gasteiger partial charge in [0.05, 0.1) is 46.1 Å². The number of aliphatic hydroxyl groups is 2. The summed E-state index contributed by atoms with van der Waals surface area (Å²) in [7, 11) is 4.83. The Labute approximate surface area is 326 Å². The van der Waals surface area contributed by atoms with Crippen LogP contribution >= 0.6 is 0 Å². The van der Waals surface area contributed by atoms with E-state index in [9.17, 15) is 19.8 Å². The van der Waals surface area contributed by atoms with Crippen LogP contribution in [0.2, 0.25) is 0 Å². The van der Waals surface area contributed by atoms with Crippen LogP contribution in [0, 0.1) is 39.4 Å². The number of urea groups is 1. The fraction of sp³-hybridized carbons (Fsp3) is 0.609. The second kappa shape index (κ2) is 14.0. The van der Waals surface area contributed by atoms with E-state index in [-0.39, 0.29) is 53.8 Å². The lowest BCUT2D eigenvalue weighted by atomic mass is 9.32. The Hall–Kier alpha value is -3.82. The lowest BCUT2D eigenvalue weighted by Gasteiger charge is -2.71. The second-order valence-electron chi connectivity index (χ2n) is 18.2. The Kier molecular flexibility index (Phi) is 9.68. The van der Waals surface area contributed by atoms with Gasteiger partial charge in [0.1, 0.15) is 17.2 Å². The number of ketones is 1. The molecule has 4 saturated carbocycles. The first-order chi connectivity index (χ1) is 26.3. The van der Waals surface area contributed by atoms with Crippen LogP contribution in [0.25, 0.3) is 0 Å². The van der Waals surface area contributed by atoms with E-state index in [1.165, 1.54) is 6.42 Å². The first-order valence-corrected chi connectivity index (χ1v) is 20.6. The van der Waals surface area contributed by atoms with Gasteiger partial charge in [-0.3, -0.25) is 4.79 Å². The largest absolute Gasteiger partial charge is 0.497 e. The van der Waals surface area contributed by atoms with Crippen molar-refractivity contribution in [2.75, 3.05) is 33.2 Å². The minimum Gasteiger partial charge on any atom is -0.497 e. The zero-order valence-electron chi connectivity index (χ0n) is 33.4. The topological polar surface area (TPSA) is 118 Å². The van der Waals surface area contributed by atoms with Gasteiger partial charge in [-0.15, -0.1) is 0 Å². The summed E-state index contributed by atoms with van der Waals surface area (Å²) in [6, 6.07) is 12.5. The van der Waals surface area contributed by atoms with E-state index in [0.717, 1.165) is 68.9 Å². The Balaban J connectivity index is 1.17. The van der Waals surface area contributed by atoms with E-state index in [2.05, 4.69) is 37.4 Å². The Morgan fingerprint density at radius 3 is 2.20 bits per heavy atom. The number of amides is 2. The summed E-state index contributed by atoms with van der Waals surface area (Å²) in [4.78, 5) is 31.1. The number of carbonyl (C=O) groups excluding carboxylic acids is 2. The number of hydrogen-bond acceptors (Lipinski definition) is 7. The highest BCUT2D eigenvalue weighted by Gasteiger charge is 2.74. The molecule has 8 atom stereocenters. The van der Waals surface area contributed by atoms with Gasteiger partial charge in [0, 0.05) is 45.1 Å². The van der Waals surface area contributed by atoms with E-state index >= 15 is 0 Å². The lowest BCUT2D eigenvalue weighted by molar-refractivity contribution is -0.178. The number of methoxy groups -OCH3 is 3. The van der Waals surface area contributed by atoms with Gasteiger partial charge >= 0.3 is 6.03 Å². The van der Waals surface area contributed by atoms with E-state index in [1.807, 2.05) is 42.5 Å². The normalized spacial score (nSPS) is 36.2. The monoisotopic (exact) mass is 752 g/mol. The predicted octanol–water partition coefficient (Wildman–Crippen LogP) is 8.49. The number of aliphatic hydroxyl groups excluding tert-OH is 1. The highest BCUT2D eigenvalue weighted by molar-refractivity contribution is 6.00. The first kappa shape index (κ1) is 38.1. The molecule has 2 aromatic carbocycles. The summed E-state index contributed by atoms with van der Waals surface area (Å²) in [6.45, 7) is 4.99. The zero-order chi connectivity index (χ0) is 38.8. The molecular weight excluding hydrogens is 693 g/mol. The molecule has 9 nitrogen and oxygen atoms in total. The smallest absolute Gasteiger partial charge is 0.322 e. The molecule has 9 rings (SSSR count). The standard InChI is InChI=1S/C46H60N2O7/c1-42-20-17-33(49)26-44(42)23-24-46(36(27-44)40(50)30-9-7-6-8-10-30)38(42)18-21-43(2)39(46)19-22-45(43,52)29-48(28-31-11-14-35(54-4)25-37(31)55-5)41(51)47-32-12-15-34(53-3)16-13-32/h11-16,23-25,27,30,33,38-39,49,52H,6-10,17-22,26,28-29H2,1-5H3,(H,47,51)/t33?,38-,39-,42-,43+,44+,45-,46-/m1/s1. The van der Waals surface area contributed by atoms with Gasteiger partial charge in [0.2, 0.25) is 0 Å². The highest BCUT2D eigenvalue weighted by Crippen LogP contribution is 2.78. The molecule has 9 heteroatoms. The summed E-state index contributed by atoms with van der Waals surface area (Å²) in [6.07, 6.45) is 17.3. The zero-order valence-corrected chi connectivity index (χ0v) is 33.4. The molecule has 7 aliphatic rings. The maximum atomic E-state index is 15.0. The van der Waals surface area contributed by atoms with Crippen LogP contribution in [0.15, 0.2) is 66.3 Å². The lowest BCUT2D eigenvalue weighted by Crippen LogP contribution is -2.67. The number of Topliss-reactive ketones (excluding diaryl/α,β-unsaturated/α-hetero) is 1. The van der Waals surface area contributed by atoms with Crippen LogP contribution in [0.1, 0.15) is 96.5 Å². The fourth-order valence-corrected chi connectivity index (χ4v) is 12.8. The number of benzene rings is 2. The Morgan fingerprint density at radius 2 is 1.49 bits per heavy atom. The van der Waals surface area contributed by atoms with Gasteiger partial charge in [-0.05, 0) is 111 Å². The van der Waals surface area contributed by atoms with E-state index in [1.54, 1.807) is 26.2 Å². The molecule has 7 aliphatic carbocycles. The molecule has 55 heavy (non-hydrogen) atoms. The van der Waals surface area contributed by atoms with Crippen LogP contribution in [0.5, 0.6) is 17.2 Å². The van der Waals surface area contributed by atoms with Crippen LogP contribution in [-0.2, 0) is 11.3 Å². The Bertz CT molecular complexity index is 1870. The molecule has 3 N–H and O–H groups in total. The van der Waals surface area contributed by atoms with Gasteiger partial charge in [-0.25, -0.2) is 4.79 Å². The van der Waals surface area contributed by atoms with Crippen molar-refractivity contribution in [2.24, 2.45) is 39.4 Å². The number of fused-ring (bicyclic) bond motifs is 1. The van der Waals surface area contributed by atoms with E-state index in [0.29, 0.717) is 41.6 Å². The van der Waals surface area contributed by atoms with Crippen molar-refractivity contribution in [3.63, 3.8) is 0 Å². The molecule has 1 unspecified atom stereocenters. The number of allylic oxidation sites excluding steroid dienone is 4. The first-order valence-electron chi connectivity index (χ1n) is 20.6. The molecule has 2 amide bonds. The van der Waals surface area contributed by atoms with E-state index in [4.69, 9.17) is 14.2 Å². The van der Waals surface area contributed by atoms with Crippen LogP contribution < -0.4 is 19.5 Å². The summed E-state index contributed by atoms with van der Waals surface area (Å²) in [5.41, 5.74) is -0.341. The number of ether oxygens (including phenoxy) is 3. The van der Waals surface area contributed by atoms with Crippen LogP contribution in [-0.4, -0.2) is 66.5 Å². The fourth-order valence-electron chi connectivity index (χ4n) is 12.8. The molecule has 0 heterocycles. The SMILES string of the molecule is COc1ccc(NC(=O)N(Cc2ccc(OC)cc2OC)C[C@]2(O)CC[C@H]3[C@]45C=C[C@@]6(C=C4C(=O)C4CCCCC4)CC(O)CC[C@]6(C)[C@H]5CC[C@@]32C)cc1. The average molecular weight is 753 g/mol. The maximum Gasteiger partial charge on any atom is 0.322 e. The number of rotatable bonds is 10. The number of carbonyl (C=O) groups is 2. The molecule has 2 spiro atoms. The maximum absolute atomic E-state index is 15.0. The molecular formula is C46H60N2O7. The van der Waals surface area contributed by atoms with Gasteiger partial charge in [0.25, 0.3) is 0 Å². The summed E-state index contributed by atoms with van der Waals surface area (Å²) in [5.74, 6) is 2.54. The number of nitrogens with zero attached hydrogens (tertiary/aromatic N) is 1. The third-order valence-electron chi connectivity index (χ3n) is 15.9. The van der Waals surface area contributed by atoms with Crippen molar-refractivity contribution < 1.29 is 34.0 Å². The summed E-state index contributed by atoms with van der Waals surface area (Å²) < 4.78 is 16.6. The summed E-state index contributed by atoms with van der Waals surface area (Å²) in [5, 5.41) is 27.4. The second-order valence-corrected chi connectivity index (χ2v) is 18.2. The molecule has 0 aromatic heterocycles. The van der Waals surface area contributed by atoms with Crippen molar-refractivity contribution in [3.05, 3.63) is 71.8 Å². The quantitative estimate of drug-likeness (QED) is 0.209. The van der Waals surface area contributed by atoms with Gasteiger partial charge in [-0.2, -0.15) is 0 Å². The van der Waals surface area contributed by atoms with Crippen molar-refractivity contribution in [3.8, 4) is 17.2 Å². The molecule has 296 valence electrons. The minimum absolute atomic E-state index is 0.0165. The van der Waals surface area contributed by atoms with Crippen molar-refractivity contribution in [1.82, 2.24) is 4.90 Å². The van der Waals surface area contributed by atoms with Crippen LogP contribution in [0.3, 0.4) is 0 Å². The highest BCUT2D eigenvalue weighted by atomic mass is 16.5. The van der Waals surface area contributed by atoms with Crippen molar-refractivity contribution in [1.29, 1.82) is 0 Å². The molecule has 0 radical (unpaired) electrons. The van der Waals surface area contributed by atoms with Gasteiger partial charge in [-0.1, -0.05) is 51.3 Å². The van der Waals surface area contributed by atoms with Gasteiger partial charge in [0.15, 0.2) is 5.78 Å². The van der Waals surface area contributed by atoms with Gasteiger partial charge < -0.3 is 34.6 Å². The third kappa shape index (κ3) is 5.84. The third-order valence-corrected chi connectivity index (χ3v) is 15.9. The molecule has 0 saturated heterocycles. The number of anilines is 1. The molecule has 2 bridgehead atoms. The Morgan fingerprint density at radius 1 is 0.818 bits per heavy atom. The number of hydrogen-bond donors (Lipinski definition) is 3. The molecule has 0 aliphatic heterocycles. The molecule has 4 fully saturated rings. The van der Waals surface area contributed by atoms with E-state index < -0.39 is 16.4 Å². The molecule has 2 aromatic rings. The predicted molar refractivity (Wildman–Crippen MR) is 212 cm³/mol. The van der Waals surface area contributed by atoms with Crippen molar-refractivity contribution in [2.45, 2.75) is 109 Å². The average Bonchev–Trinajstić information content (AvgIpc) is 3.47.